The quantitative estimate of drug-likeness (QED) is 0.844. The Morgan fingerprint density at radius 2 is 1.85 bits per heavy atom. The molecule has 6 heteroatoms. The van der Waals surface area contributed by atoms with E-state index in [0.29, 0.717) is 6.07 Å². The van der Waals surface area contributed by atoms with Crippen LogP contribution in [-0.4, -0.2) is 6.03 Å². The van der Waals surface area contributed by atoms with Gasteiger partial charge in [-0.2, -0.15) is 0 Å². The van der Waals surface area contributed by atoms with Gasteiger partial charge in [0.25, 0.3) is 0 Å². The molecule has 0 saturated heterocycles. The molecule has 0 radical (unpaired) electrons. The van der Waals surface area contributed by atoms with E-state index in [2.05, 4.69) is 10.8 Å². The fourth-order valence-corrected chi connectivity index (χ4v) is 1.50. The van der Waals surface area contributed by atoms with Gasteiger partial charge in [-0.3, -0.25) is 4.84 Å². The number of anilines is 1. The molecule has 0 unspecified atom stereocenters. The summed E-state index contributed by atoms with van der Waals surface area (Å²) in [6.07, 6.45) is 0. The van der Waals surface area contributed by atoms with Gasteiger partial charge in [-0.1, -0.05) is 30.3 Å². The predicted octanol–water partition coefficient (Wildman–Crippen LogP) is 3.22. The number of hydroxylamine groups is 1. The number of nitrogens with one attached hydrogen (secondary N) is 2. The number of rotatable bonds is 4. The number of urea groups is 1. The highest BCUT2D eigenvalue weighted by molar-refractivity contribution is 5.88. The van der Waals surface area contributed by atoms with Crippen molar-refractivity contribution in [2.24, 2.45) is 0 Å². The van der Waals surface area contributed by atoms with Crippen LogP contribution in [0.1, 0.15) is 5.56 Å². The number of hydrogen-bond acceptors (Lipinski definition) is 2. The molecule has 0 atom stereocenters. The summed E-state index contributed by atoms with van der Waals surface area (Å²) in [5.74, 6) is -1.57. The van der Waals surface area contributed by atoms with Gasteiger partial charge in [-0.15, -0.1) is 0 Å². The van der Waals surface area contributed by atoms with Gasteiger partial charge >= 0.3 is 6.03 Å². The molecule has 0 saturated carbocycles. The molecule has 0 fully saturated rings. The van der Waals surface area contributed by atoms with Crippen molar-refractivity contribution in [3.8, 4) is 0 Å². The van der Waals surface area contributed by atoms with Crippen molar-refractivity contribution in [3.05, 3.63) is 65.7 Å². The van der Waals surface area contributed by atoms with E-state index in [1.807, 2.05) is 30.3 Å². The molecule has 0 aromatic heterocycles. The van der Waals surface area contributed by atoms with Crippen LogP contribution in [0, 0.1) is 11.6 Å². The lowest BCUT2D eigenvalue weighted by molar-refractivity contribution is 0.0535. The molecule has 0 aliphatic carbocycles. The van der Waals surface area contributed by atoms with Crippen LogP contribution in [0.15, 0.2) is 48.5 Å². The first-order valence-electron chi connectivity index (χ1n) is 5.83. The van der Waals surface area contributed by atoms with Gasteiger partial charge in [-0.05, 0) is 17.7 Å². The lowest BCUT2D eigenvalue weighted by atomic mass is 10.2. The highest BCUT2D eigenvalue weighted by atomic mass is 19.1. The smallest absolute Gasteiger partial charge is 0.303 e. The lowest BCUT2D eigenvalue weighted by Crippen LogP contribution is -2.29. The molecule has 2 aromatic carbocycles. The Labute approximate surface area is 114 Å². The number of carbonyl (C=O) groups excluding carboxylic acids is 1. The van der Waals surface area contributed by atoms with Gasteiger partial charge < -0.3 is 5.32 Å². The largest absolute Gasteiger partial charge is 0.343 e. The summed E-state index contributed by atoms with van der Waals surface area (Å²) < 4.78 is 26.0. The molecular formula is C14H12F2N2O2. The minimum atomic E-state index is -0.858. The van der Waals surface area contributed by atoms with E-state index in [0.717, 1.165) is 17.7 Å². The first-order chi connectivity index (χ1) is 9.65. The average molecular weight is 278 g/mol. The number of carbonyl (C=O) groups is 1. The third-order valence-corrected chi connectivity index (χ3v) is 2.43. The van der Waals surface area contributed by atoms with Crippen LogP contribution < -0.4 is 10.8 Å². The van der Waals surface area contributed by atoms with Crippen LogP contribution in [0.25, 0.3) is 0 Å². The van der Waals surface area contributed by atoms with Gasteiger partial charge in [0, 0.05) is 6.07 Å². The predicted molar refractivity (Wildman–Crippen MR) is 69.7 cm³/mol. The van der Waals surface area contributed by atoms with Gasteiger partial charge in [-0.25, -0.2) is 19.1 Å². The molecule has 0 bridgehead atoms. The molecule has 4 nitrogen and oxygen atoms in total. The molecule has 2 rings (SSSR count). The van der Waals surface area contributed by atoms with Crippen LogP contribution in [0.2, 0.25) is 0 Å². The number of amides is 2. The molecule has 2 N–H and O–H groups in total. The normalized spacial score (nSPS) is 10.1. The summed E-state index contributed by atoms with van der Waals surface area (Å²) in [6, 6.07) is 11.3. The molecule has 2 aromatic rings. The van der Waals surface area contributed by atoms with E-state index in [9.17, 15) is 13.6 Å². The topological polar surface area (TPSA) is 50.4 Å². The van der Waals surface area contributed by atoms with Crippen LogP contribution in [0.3, 0.4) is 0 Å². The highest BCUT2D eigenvalue weighted by Gasteiger charge is 2.07. The van der Waals surface area contributed by atoms with Crippen molar-refractivity contribution in [3.63, 3.8) is 0 Å². The van der Waals surface area contributed by atoms with Crippen LogP contribution in [0.4, 0.5) is 19.3 Å². The van der Waals surface area contributed by atoms with Crippen molar-refractivity contribution in [1.82, 2.24) is 5.48 Å². The monoisotopic (exact) mass is 278 g/mol. The second-order valence-electron chi connectivity index (χ2n) is 3.95. The molecule has 104 valence electrons. The average Bonchev–Trinajstić information content (AvgIpc) is 2.43. The number of benzene rings is 2. The maximum atomic E-state index is 13.3. The maximum absolute atomic E-state index is 13.3. The number of halogens is 2. The SMILES string of the molecule is O=C(NOCc1ccccc1)Nc1ccc(F)cc1F. The Bertz CT molecular complexity index is 591. The van der Waals surface area contributed by atoms with E-state index in [1.165, 1.54) is 0 Å². The Morgan fingerprint density at radius 1 is 1.10 bits per heavy atom. The lowest BCUT2D eigenvalue weighted by Gasteiger charge is -2.08. The van der Waals surface area contributed by atoms with E-state index < -0.39 is 17.7 Å². The second-order valence-corrected chi connectivity index (χ2v) is 3.95. The molecule has 0 spiro atoms. The molecule has 0 aliphatic rings. The van der Waals surface area contributed by atoms with Gasteiger partial charge in [0.15, 0.2) is 0 Å². The summed E-state index contributed by atoms with van der Waals surface area (Å²) in [4.78, 5) is 16.4. The first kappa shape index (κ1) is 14.0. The molecular weight excluding hydrogens is 266 g/mol. The van der Waals surface area contributed by atoms with Crippen LogP contribution in [-0.2, 0) is 11.4 Å². The van der Waals surface area contributed by atoms with Crippen molar-refractivity contribution >= 4 is 11.7 Å². The summed E-state index contributed by atoms with van der Waals surface area (Å²) >= 11 is 0. The Morgan fingerprint density at radius 3 is 2.55 bits per heavy atom. The molecule has 2 amide bonds. The third-order valence-electron chi connectivity index (χ3n) is 2.43. The van der Waals surface area contributed by atoms with Crippen molar-refractivity contribution in [2.75, 3.05) is 5.32 Å². The van der Waals surface area contributed by atoms with Crippen molar-refractivity contribution in [1.29, 1.82) is 0 Å². The zero-order chi connectivity index (χ0) is 14.4. The maximum Gasteiger partial charge on any atom is 0.343 e. The van der Waals surface area contributed by atoms with Crippen molar-refractivity contribution in [2.45, 2.75) is 6.61 Å². The second kappa shape index (κ2) is 6.63. The van der Waals surface area contributed by atoms with Crippen molar-refractivity contribution < 1.29 is 18.4 Å². The summed E-state index contributed by atoms with van der Waals surface area (Å²) in [5.41, 5.74) is 2.85. The molecule has 0 heterocycles. The van der Waals surface area contributed by atoms with E-state index >= 15 is 0 Å². The Balaban J connectivity index is 1.81. The fraction of sp³-hybridized carbons (Fsp3) is 0.0714. The minimum Gasteiger partial charge on any atom is -0.303 e. The summed E-state index contributed by atoms with van der Waals surface area (Å²) in [7, 11) is 0. The highest BCUT2D eigenvalue weighted by Crippen LogP contribution is 2.14. The van der Waals surface area contributed by atoms with E-state index in [4.69, 9.17) is 4.84 Å². The van der Waals surface area contributed by atoms with Gasteiger partial charge in [0.1, 0.15) is 11.6 Å². The number of hydrogen-bond donors (Lipinski definition) is 2. The Kier molecular flexibility index (Phi) is 4.62. The minimum absolute atomic E-state index is 0.132. The first-order valence-corrected chi connectivity index (χ1v) is 5.83. The zero-order valence-corrected chi connectivity index (χ0v) is 10.4. The molecule has 0 aliphatic heterocycles. The Hall–Kier alpha value is -2.47. The third kappa shape index (κ3) is 4.03. The molecule has 20 heavy (non-hydrogen) atoms. The van der Waals surface area contributed by atoms with E-state index in [1.54, 1.807) is 0 Å². The zero-order valence-electron chi connectivity index (χ0n) is 10.4. The van der Waals surface area contributed by atoms with Crippen LogP contribution >= 0.6 is 0 Å². The van der Waals surface area contributed by atoms with Gasteiger partial charge in [0.2, 0.25) is 0 Å². The standard InChI is InChI=1S/C14H12F2N2O2/c15-11-6-7-13(12(16)8-11)17-14(19)18-20-9-10-4-2-1-3-5-10/h1-8H,9H2,(H2,17,18,19). The van der Waals surface area contributed by atoms with E-state index in [-0.39, 0.29) is 12.3 Å². The summed E-state index contributed by atoms with van der Waals surface area (Å²) in [5, 5.41) is 2.21. The van der Waals surface area contributed by atoms with Crippen LogP contribution in [0.5, 0.6) is 0 Å². The van der Waals surface area contributed by atoms with Gasteiger partial charge in [0.05, 0.1) is 12.3 Å². The summed E-state index contributed by atoms with van der Waals surface area (Å²) in [6.45, 7) is 0.181. The fourth-order valence-electron chi connectivity index (χ4n) is 1.50.